The Hall–Kier alpha value is 0.660. The maximum absolute atomic E-state index is 7.94. The molecule has 6 heavy (non-hydrogen) atoms. The summed E-state index contributed by atoms with van der Waals surface area (Å²) in [5.74, 6) is 0. The van der Waals surface area contributed by atoms with Gasteiger partial charge in [0.05, 0.1) is 0 Å². The van der Waals surface area contributed by atoms with Gasteiger partial charge in [0.25, 0.3) is 0 Å². The average molecular weight is 274 g/mol. The largest absolute Gasteiger partial charge is 1.00 e. The molecule has 0 radical (unpaired) electrons. The standard InChI is InChI=1S/C3H7O.Au.H2O/c1-3(2)4;;/h3-4H,1H2,2H3;;1H2/q-1;+1;. The van der Waals surface area contributed by atoms with Crippen LogP contribution in [0.15, 0.2) is 0 Å². The maximum Gasteiger partial charge on any atom is 1.00 e. The summed E-state index contributed by atoms with van der Waals surface area (Å²) in [4.78, 5) is 0. The first kappa shape index (κ1) is 15.9. The Balaban J connectivity index is -0.0000000450. The van der Waals surface area contributed by atoms with Gasteiger partial charge in [0.1, 0.15) is 0 Å². The average Bonchev–Trinajstić information content (AvgIpc) is 0.811. The van der Waals surface area contributed by atoms with E-state index in [-0.39, 0.29) is 27.9 Å². The Morgan fingerprint density at radius 2 is 1.67 bits per heavy atom. The Labute approximate surface area is 53.4 Å². The van der Waals surface area contributed by atoms with Gasteiger partial charge >= 0.3 is 22.4 Å². The van der Waals surface area contributed by atoms with E-state index >= 15 is 0 Å². The number of aliphatic hydroxyl groups is 1. The third-order valence-electron chi connectivity index (χ3n) is 0. The van der Waals surface area contributed by atoms with Crippen LogP contribution >= 0.6 is 0 Å². The fraction of sp³-hybridized carbons (Fsp3) is 0.667. The fourth-order valence-corrected chi connectivity index (χ4v) is 0. The SMILES string of the molecule is O.[Au+].[CH2-]C(C)O. The monoisotopic (exact) mass is 274 g/mol. The fourth-order valence-electron chi connectivity index (χ4n) is 0. The minimum Gasteiger partial charge on any atom is -0.426 e. The van der Waals surface area contributed by atoms with E-state index in [9.17, 15) is 0 Å². The van der Waals surface area contributed by atoms with Gasteiger partial charge in [-0.15, -0.1) is 0 Å². The summed E-state index contributed by atoms with van der Waals surface area (Å²) >= 11 is 0. The molecule has 0 rings (SSSR count). The molecule has 0 saturated heterocycles. The van der Waals surface area contributed by atoms with Crippen LogP contribution in [0.5, 0.6) is 0 Å². The Kier molecular flexibility index (Phi) is 24.4. The first-order chi connectivity index (χ1) is 1.73. The van der Waals surface area contributed by atoms with E-state index in [4.69, 9.17) is 5.11 Å². The van der Waals surface area contributed by atoms with E-state index in [0.29, 0.717) is 0 Å². The predicted molar refractivity (Wildman–Crippen MR) is 20.7 cm³/mol. The second-order valence-electron chi connectivity index (χ2n) is 0.849. The summed E-state index contributed by atoms with van der Waals surface area (Å²) in [6.45, 7) is 4.81. The molecule has 1 atom stereocenters. The zero-order valence-electron chi connectivity index (χ0n) is 3.53. The van der Waals surface area contributed by atoms with Crippen LogP contribution in [-0.2, 0) is 22.4 Å². The number of hydrogen-bond acceptors (Lipinski definition) is 1. The van der Waals surface area contributed by atoms with Crippen LogP contribution < -0.4 is 0 Å². The number of hydrogen-bond donors (Lipinski definition) is 1. The van der Waals surface area contributed by atoms with E-state index in [1.807, 2.05) is 0 Å². The van der Waals surface area contributed by atoms with Crippen molar-refractivity contribution in [3.63, 3.8) is 0 Å². The van der Waals surface area contributed by atoms with Crippen molar-refractivity contribution >= 4 is 0 Å². The Morgan fingerprint density at radius 1 is 1.67 bits per heavy atom. The van der Waals surface area contributed by atoms with Crippen molar-refractivity contribution in [3.8, 4) is 0 Å². The first-order valence-electron chi connectivity index (χ1n) is 1.24. The summed E-state index contributed by atoms with van der Waals surface area (Å²) < 4.78 is 0. The number of aliphatic hydroxyl groups excluding tert-OH is 1. The van der Waals surface area contributed by atoms with Crippen molar-refractivity contribution in [1.29, 1.82) is 0 Å². The summed E-state index contributed by atoms with van der Waals surface area (Å²) in [5.41, 5.74) is 0. The van der Waals surface area contributed by atoms with Crippen LogP contribution in [0.4, 0.5) is 0 Å². The van der Waals surface area contributed by atoms with Crippen LogP contribution in [0, 0.1) is 6.92 Å². The topological polar surface area (TPSA) is 51.7 Å². The van der Waals surface area contributed by atoms with Crippen molar-refractivity contribution in [3.05, 3.63) is 6.92 Å². The molecule has 0 aliphatic heterocycles. The van der Waals surface area contributed by atoms with Gasteiger partial charge in [-0.2, -0.15) is 0 Å². The molecular weight excluding hydrogens is 265 g/mol. The van der Waals surface area contributed by atoms with E-state index in [1.165, 1.54) is 0 Å². The minimum atomic E-state index is -0.417. The molecule has 3 N–H and O–H groups in total. The number of rotatable bonds is 0. The molecule has 2 nitrogen and oxygen atoms in total. The second-order valence-corrected chi connectivity index (χ2v) is 0.849. The van der Waals surface area contributed by atoms with E-state index in [0.717, 1.165) is 0 Å². The molecule has 44 valence electrons. The molecule has 0 aliphatic carbocycles. The maximum atomic E-state index is 7.94. The van der Waals surface area contributed by atoms with Crippen LogP contribution in [0.3, 0.4) is 0 Å². The van der Waals surface area contributed by atoms with Crippen molar-refractivity contribution < 1.29 is 33.0 Å². The van der Waals surface area contributed by atoms with Gasteiger partial charge in [-0.1, -0.05) is 13.0 Å². The van der Waals surface area contributed by atoms with Gasteiger partial charge in [0, 0.05) is 0 Å². The molecule has 0 bridgehead atoms. The van der Waals surface area contributed by atoms with Gasteiger partial charge in [0.2, 0.25) is 0 Å². The van der Waals surface area contributed by atoms with Crippen LogP contribution in [-0.4, -0.2) is 16.7 Å². The zero-order valence-corrected chi connectivity index (χ0v) is 5.70. The first-order valence-corrected chi connectivity index (χ1v) is 1.24. The molecule has 0 saturated carbocycles. The van der Waals surface area contributed by atoms with Crippen molar-refractivity contribution in [2.45, 2.75) is 13.0 Å². The predicted octanol–water partition coefficient (Wildman–Crippen LogP) is -0.626. The molecule has 0 aromatic heterocycles. The third-order valence-corrected chi connectivity index (χ3v) is 0. The summed E-state index contributed by atoms with van der Waals surface area (Å²) in [6.07, 6.45) is -0.417. The van der Waals surface area contributed by atoms with Crippen LogP contribution in [0.1, 0.15) is 6.92 Å². The minimum absolute atomic E-state index is 0. The molecule has 0 spiro atoms. The molecule has 0 heterocycles. The molecular formula is C3H9AuO2. The van der Waals surface area contributed by atoms with Gasteiger partial charge < -0.3 is 17.5 Å². The van der Waals surface area contributed by atoms with Crippen molar-refractivity contribution in [1.82, 2.24) is 0 Å². The van der Waals surface area contributed by atoms with Crippen molar-refractivity contribution in [2.24, 2.45) is 0 Å². The quantitative estimate of drug-likeness (QED) is 0.464. The normalized spacial score (nSPS) is 10.5. The van der Waals surface area contributed by atoms with Gasteiger partial charge in [-0.25, -0.2) is 0 Å². The van der Waals surface area contributed by atoms with Gasteiger partial charge in [0.15, 0.2) is 0 Å². The summed E-state index contributed by atoms with van der Waals surface area (Å²) in [6, 6.07) is 0. The van der Waals surface area contributed by atoms with Gasteiger partial charge in [-0.3, -0.25) is 0 Å². The second kappa shape index (κ2) is 9.18. The molecule has 0 aromatic carbocycles. The van der Waals surface area contributed by atoms with Crippen LogP contribution in [0.2, 0.25) is 0 Å². The van der Waals surface area contributed by atoms with Crippen molar-refractivity contribution in [2.75, 3.05) is 0 Å². The van der Waals surface area contributed by atoms with E-state index < -0.39 is 6.10 Å². The Bertz CT molecular complexity index is 13.5. The third kappa shape index (κ3) is 143. The van der Waals surface area contributed by atoms with Crippen LogP contribution in [0.25, 0.3) is 0 Å². The molecule has 0 aromatic rings. The Morgan fingerprint density at radius 3 is 1.67 bits per heavy atom. The summed E-state index contributed by atoms with van der Waals surface area (Å²) in [5, 5.41) is 7.94. The van der Waals surface area contributed by atoms with E-state index in [1.54, 1.807) is 6.92 Å². The molecule has 1 unspecified atom stereocenters. The molecule has 0 fully saturated rings. The smallest absolute Gasteiger partial charge is 0.426 e. The molecule has 0 aliphatic rings. The molecule has 0 amide bonds. The zero-order chi connectivity index (χ0) is 3.58. The summed E-state index contributed by atoms with van der Waals surface area (Å²) in [7, 11) is 0. The van der Waals surface area contributed by atoms with E-state index in [2.05, 4.69) is 6.92 Å². The molecule has 3 heteroatoms. The van der Waals surface area contributed by atoms with Gasteiger partial charge in [-0.05, 0) is 0 Å².